The van der Waals surface area contributed by atoms with Crippen molar-refractivity contribution in [1.82, 2.24) is 14.5 Å². The lowest BCUT2D eigenvalue weighted by Crippen LogP contribution is -2.16. The van der Waals surface area contributed by atoms with Gasteiger partial charge in [-0.25, -0.2) is 13.2 Å². The first-order valence-corrected chi connectivity index (χ1v) is 10.4. The van der Waals surface area contributed by atoms with Gasteiger partial charge in [-0.3, -0.25) is 9.29 Å². The standard InChI is InChI=1S/C20H18N4O5S/c1-12-18(13(2)22-19(21-12)28-14-7-5-4-6-8-14)23-30(26,27)15-9-10-17-16(11-15)24(3)20(25)29-17/h4-11,23H,1-3H3. The molecule has 0 saturated carbocycles. The second kappa shape index (κ2) is 7.30. The quantitative estimate of drug-likeness (QED) is 0.521. The van der Waals surface area contributed by atoms with Gasteiger partial charge in [0.1, 0.15) is 5.75 Å². The van der Waals surface area contributed by atoms with Crippen LogP contribution in [0.4, 0.5) is 5.69 Å². The molecule has 154 valence electrons. The fourth-order valence-corrected chi connectivity index (χ4v) is 4.14. The van der Waals surface area contributed by atoms with Crippen LogP contribution in [0.15, 0.2) is 62.6 Å². The number of hydrogen-bond acceptors (Lipinski definition) is 7. The third-order valence-corrected chi connectivity index (χ3v) is 5.86. The van der Waals surface area contributed by atoms with E-state index in [-0.39, 0.29) is 16.6 Å². The predicted octanol–water partition coefficient (Wildman–Crippen LogP) is 3.13. The lowest BCUT2D eigenvalue weighted by molar-refractivity contribution is 0.439. The summed E-state index contributed by atoms with van der Waals surface area (Å²) in [5.74, 6) is 0.00487. The molecular weight excluding hydrogens is 408 g/mol. The van der Waals surface area contributed by atoms with Gasteiger partial charge < -0.3 is 9.15 Å². The van der Waals surface area contributed by atoms with Crippen molar-refractivity contribution in [2.75, 3.05) is 4.72 Å². The molecule has 0 fully saturated rings. The third kappa shape index (κ3) is 3.64. The minimum absolute atomic E-state index is 0.0187. The topological polar surface area (TPSA) is 116 Å². The number of aromatic nitrogens is 3. The van der Waals surface area contributed by atoms with Gasteiger partial charge in [-0.15, -0.1) is 0 Å². The highest BCUT2D eigenvalue weighted by Crippen LogP contribution is 2.26. The molecule has 0 radical (unpaired) electrons. The number of nitrogens with zero attached hydrogens (tertiary/aromatic N) is 3. The van der Waals surface area contributed by atoms with Crippen molar-refractivity contribution in [2.45, 2.75) is 18.7 Å². The molecule has 0 unspecified atom stereocenters. The maximum Gasteiger partial charge on any atom is 0.419 e. The summed E-state index contributed by atoms with van der Waals surface area (Å²) in [6.07, 6.45) is 0. The van der Waals surface area contributed by atoms with Crippen LogP contribution in [0.3, 0.4) is 0 Å². The summed E-state index contributed by atoms with van der Waals surface area (Å²) >= 11 is 0. The summed E-state index contributed by atoms with van der Waals surface area (Å²) < 4.78 is 40.3. The summed E-state index contributed by atoms with van der Waals surface area (Å²) in [7, 11) is -2.45. The molecule has 4 rings (SSSR count). The van der Waals surface area contributed by atoms with E-state index >= 15 is 0 Å². The average molecular weight is 426 g/mol. The number of fused-ring (bicyclic) bond motifs is 1. The molecule has 0 aliphatic carbocycles. The number of sulfonamides is 1. The highest BCUT2D eigenvalue weighted by molar-refractivity contribution is 7.92. The monoisotopic (exact) mass is 426 g/mol. The molecule has 2 aromatic carbocycles. The Bertz CT molecular complexity index is 1390. The summed E-state index contributed by atoms with van der Waals surface area (Å²) in [4.78, 5) is 20.1. The lowest BCUT2D eigenvalue weighted by atomic mass is 10.3. The predicted molar refractivity (Wildman–Crippen MR) is 110 cm³/mol. The van der Waals surface area contributed by atoms with Crippen molar-refractivity contribution in [3.8, 4) is 11.8 Å². The van der Waals surface area contributed by atoms with Crippen LogP contribution in [0.1, 0.15) is 11.4 Å². The van der Waals surface area contributed by atoms with Gasteiger partial charge in [0.25, 0.3) is 10.0 Å². The van der Waals surface area contributed by atoms with Gasteiger partial charge >= 0.3 is 11.8 Å². The SMILES string of the molecule is Cc1nc(Oc2ccccc2)nc(C)c1NS(=O)(=O)c1ccc2oc(=O)n(C)c2c1. The van der Waals surface area contributed by atoms with Gasteiger partial charge in [0.15, 0.2) is 5.58 Å². The maximum absolute atomic E-state index is 12.9. The van der Waals surface area contributed by atoms with Gasteiger partial charge in [0, 0.05) is 7.05 Å². The van der Waals surface area contributed by atoms with E-state index in [9.17, 15) is 13.2 Å². The van der Waals surface area contributed by atoms with E-state index in [0.717, 1.165) is 0 Å². The fraction of sp³-hybridized carbons (Fsp3) is 0.150. The molecular formula is C20H18N4O5S. The summed E-state index contributed by atoms with van der Waals surface area (Å²) in [6, 6.07) is 13.4. The Morgan fingerprint density at radius 1 is 1.03 bits per heavy atom. The number of aryl methyl sites for hydroxylation is 3. The Hall–Kier alpha value is -3.66. The highest BCUT2D eigenvalue weighted by atomic mass is 32.2. The smallest absolute Gasteiger partial charge is 0.419 e. The van der Waals surface area contributed by atoms with E-state index in [1.54, 1.807) is 26.0 Å². The summed E-state index contributed by atoms with van der Waals surface area (Å²) in [5.41, 5.74) is 1.76. The first-order chi connectivity index (χ1) is 14.2. The Labute approximate surface area is 172 Å². The molecule has 0 atom stereocenters. The van der Waals surface area contributed by atoms with Gasteiger partial charge in [0.05, 0.1) is 27.5 Å². The van der Waals surface area contributed by atoms with Crippen LogP contribution >= 0.6 is 0 Å². The Balaban J connectivity index is 1.66. The number of oxazole rings is 1. The number of nitrogens with one attached hydrogen (secondary N) is 1. The molecule has 1 N–H and O–H groups in total. The molecule has 0 bridgehead atoms. The largest absolute Gasteiger partial charge is 0.424 e. The van der Waals surface area contributed by atoms with E-state index in [1.807, 2.05) is 18.2 Å². The van der Waals surface area contributed by atoms with Crippen LogP contribution in [0.2, 0.25) is 0 Å². The van der Waals surface area contributed by atoms with Crippen LogP contribution in [-0.2, 0) is 17.1 Å². The first-order valence-electron chi connectivity index (χ1n) is 8.95. The zero-order valence-corrected chi connectivity index (χ0v) is 17.2. The second-order valence-electron chi connectivity index (χ2n) is 6.63. The second-order valence-corrected chi connectivity index (χ2v) is 8.31. The fourth-order valence-electron chi connectivity index (χ4n) is 2.94. The Morgan fingerprint density at radius 2 is 1.70 bits per heavy atom. The van der Waals surface area contributed by atoms with E-state index in [2.05, 4.69) is 14.7 Å². The molecule has 0 spiro atoms. The average Bonchev–Trinajstić information content (AvgIpc) is 2.99. The molecule has 30 heavy (non-hydrogen) atoms. The molecule has 0 aliphatic heterocycles. The van der Waals surface area contributed by atoms with E-state index in [4.69, 9.17) is 9.15 Å². The number of para-hydroxylation sites is 1. The normalized spacial score (nSPS) is 11.6. The molecule has 0 amide bonds. The van der Waals surface area contributed by atoms with Crippen molar-refractivity contribution < 1.29 is 17.6 Å². The number of rotatable bonds is 5. The molecule has 0 saturated heterocycles. The summed E-state index contributed by atoms with van der Waals surface area (Å²) in [5, 5.41) is 0. The number of anilines is 1. The molecule has 2 heterocycles. The van der Waals surface area contributed by atoms with Gasteiger partial charge in [-0.05, 0) is 44.2 Å². The van der Waals surface area contributed by atoms with Crippen molar-refractivity contribution in [2.24, 2.45) is 7.05 Å². The molecule has 2 aromatic heterocycles. The van der Waals surface area contributed by atoms with Crippen molar-refractivity contribution in [3.05, 3.63) is 70.5 Å². The van der Waals surface area contributed by atoms with Gasteiger partial charge in [-0.2, -0.15) is 9.97 Å². The number of benzene rings is 2. The molecule has 4 aromatic rings. The zero-order chi connectivity index (χ0) is 21.5. The minimum Gasteiger partial charge on any atom is -0.424 e. The molecule has 9 nitrogen and oxygen atoms in total. The Kier molecular flexibility index (Phi) is 4.78. The number of hydrogen-bond donors (Lipinski definition) is 1. The van der Waals surface area contributed by atoms with Crippen molar-refractivity contribution in [1.29, 1.82) is 0 Å². The van der Waals surface area contributed by atoms with Gasteiger partial charge in [-0.1, -0.05) is 18.2 Å². The first kappa shape index (κ1) is 19.6. The highest BCUT2D eigenvalue weighted by Gasteiger charge is 2.20. The third-order valence-electron chi connectivity index (χ3n) is 4.51. The van der Waals surface area contributed by atoms with Crippen LogP contribution < -0.4 is 15.2 Å². The van der Waals surface area contributed by atoms with Crippen molar-refractivity contribution in [3.63, 3.8) is 0 Å². The molecule has 10 heteroatoms. The van der Waals surface area contributed by atoms with Crippen molar-refractivity contribution >= 4 is 26.8 Å². The van der Waals surface area contributed by atoms with E-state index < -0.39 is 15.8 Å². The van der Waals surface area contributed by atoms with Gasteiger partial charge in [0.2, 0.25) is 0 Å². The molecule has 0 aliphatic rings. The van der Waals surface area contributed by atoms with Crippen LogP contribution in [-0.4, -0.2) is 23.0 Å². The lowest BCUT2D eigenvalue weighted by Gasteiger charge is -2.14. The van der Waals surface area contributed by atoms with Crippen LogP contribution in [0.5, 0.6) is 11.8 Å². The summed E-state index contributed by atoms with van der Waals surface area (Å²) in [6.45, 7) is 3.32. The van der Waals surface area contributed by atoms with Crippen LogP contribution in [0, 0.1) is 13.8 Å². The minimum atomic E-state index is -3.96. The maximum atomic E-state index is 12.9. The van der Waals surface area contributed by atoms with E-state index in [0.29, 0.717) is 28.2 Å². The zero-order valence-electron chi connectivity index (χ0n) is 16.4. The van der Waals surface area contributed by atoms with E-state index in [1.165, 1.54) is 29.8 Å². The Morgan fingerprint density at radius 3 is 2.37 bits per heavy atom. The van der Waals surface area contributed by atoms with Crippen LogP contribution in [0.25, 0.3) is 11.1 Å². The number of ether oxygens (including phenoxy) is 1.